The summed E-state index contributed by atoms with van der Waals surface area (Å²) in [6, 6.07) is 5.08. The van der Waals surface area contributed by atoms with Gasteiger partial charge in [0.15, 0.2) is 0 Å². The first-order valence-corrected chi connectivity index (χ1v) is 9.78. The molecule has 4 atom stereocenters. The number of hydrogen-bond acceptors (Lipinski definition) is 8. The van der Waals surface area contributed by atoms with Gasteiger partial charge in [-0.1, -0.05) is 0 Å². The summed E-state index contributed by atoms with van der Waals surface area (Å²) in [6.07, 6.45) is -7.45. The minimum atomic E-state index is -3.36. The molecular weight excluding hydrogens is 472 g/mol. The third kappa shape index (κ3) is 5.08. The number of non-ortho nitro benzene ring substituents is 1. The van der Waals surface area contributed by atoms with E-state index in [2.05, 4.69) is 0 Å². The molecule has 1 saturated heterocycles. The van der Waals surface area contributed by atoms with Crippen LogP contribution in [0.25, 0.3) is 0 Å². The fourth-order valence-corrected chi connectivity index (χ4v) is 6.37. The number of hydrogen-bond donors (Lipinski definition) is 4. The van der Waals surface area contributed by atoms with E-state index in [-0.39, 0.29) is 16.6 Å². The second-order valence-corrected chi connectivity index (χ2v) is 8.88. The molecule has 26 heavy (non-hydrogen) atoms. The summed E-state index contributed by atoms with van der Waals surface area (Å²) >= 11 is -3.36. The number of carboxylic acids is 2. The van der Waals surface area contributed by atoms with Gasteiger partial charge in [-0.2, -0.15) is 0 Å². The number of nitro benzene ring substituents is 1. The molecule has 14 heteroatoms. The van der Waals surface area contributed by atoms with Crippen LogP contribution < -0.4 is 3.51 Å². The molecule has 0 aliphatic carbocycles. The molecule has 1 heterocycles. The Labute approximate surface area is 153 Å². The van der Waals surface area contributed by atoms with E-state index in [0.717, 1.165) is 0 Å². The van der Waals surface area contributed by atoms with Crippen LogP contribution in [0, 0.1) is 10.1 Å². The van der Waals surface area contributed by atoms with Gasteiger partial charge in [0.25, 0.3) is 0 Å². The molecule has 1 fully saturated rings. The van der Waals surface area contributed by atoms with Gasteiger partial charge in [-0.25, -0.2) is 0 Å². The zero-order valence-electron chi connectivity index (χ0n) is 12.8. The number of aliphatic hydroxyl groups is 2. The number of carboxylic acid groups (broad SMARTS) is 2. The van der Waals surface area contributed by atoms with Crippen LogP contribution in [0.4, 0.5) is 5.69 Å². The normalized spacial score (nSPS) is 21.8. The summed E-state index contributed by atoms with van der Waals surface area (Å²) in [5.74, 6) is -3.22. The summed E-state index contributed by atoms with van der Waals surface area (Å²) < 4.78 is 11.1. The second kappa shape index (κ2) is 9.73. The van der Waals surface area contributed by atoms with Crippen molar-refractivity contribution in [2.24, 2.45) is 0 Å². The standard InChI is InChI=1S/C6H4NO2.C6H8O8.2H2O.Sb/c8-7(9)6-4-2-1-3-5-6;7-1(3(9)5(11)12)2(8)4(10)6(13)14;;;/h2-5H;1-4,7,9H,(H,11,12)(H,13,14);2*1H2;/q;-2;;;+2. The van der Waals surface area contributed by atoms with E-state index < -0.39 is 62.3 Å². The van der Waals surface area contributed by atoms with E-state index in [4.69, 9.17) is 16.2 Å². The van der Waals surface area contributed by atoms with Gasteiger partial charge in [-0.05, 0) is 0 Å². The number of aliphatic carboxylic acids is 2. The third-order valence-electron chi connectivity index (χ3n) is 3.15. The molecule has 2 rings (SSSR count). The Morgan fingerprint density at radius 1 is 1.12 bits per heavy atom. The average Bonchev–Trinajstić information content (AvgIpc) is 2.98. The first-order valence-electron chi connectivity index (χ1n) is 6.42. The van der Waals surface area contributed by atoms with Crippen LogP contribution in [0.5, 0.6) is 0 Å². The number of nitrogens with zero attached hydrogens (tertiary/aromatic N) is 1. The summed E-state index contributed by atoms with van der Waals surface area (Å²) in [6.45, 7) is 0. The van der Waals surface area contributed by atoms with E-state index in [1.807, 2.05) is 0 Å². The molecule has 0 spiro atoms. The predicted molar refractivity (Wildman–Crippen MR) is 82.7 cm³/mol. The van der Waals surface area contributed by atoms with Gasteiger partial charge in [0.05, 0.1) is 0 Å². The van der Waals surface area contributed by atoms with Crippen LogP contribution in [0.2, 0.25) is 0 Å². The van der Waals surface area contributed by atoms with Crippen LogP contribution in [0.1, 0.15) is 0 Å². The van der Waals surface area contributed by atoms with Gasteiger partial charge in [-0.3, -0.25) is 0 Å². The van der Waals surface area contributed by atoms with E-state index >= 15 is 0 Å². The Morgan fingerprint density at radius 2 is 1.65 bits per heavy atom. The summed E-state index contributed by atoms with van der Waals surface area (Å²) in [7, 11) is 0. The number of rotatable bonds is 6. The van der Waals surface area contributed by atoms with Crippen molar-refractivity contribution >= 4 is 42.2 Å². The molecule has 146 valence electrons. The Hall–Kier alpha value is -1.86. The van der Waals surface area contributed by atoms with Crippen molar-refractivity contribution in [3.63, 3.8) is 0 Å². The molecule has 0 amide bonds. The number of nitro groups is 1. The minimum absolute atomic E-state index is 0. The second-order valence-electron chi connectivity index (χ2n) is 4.74. The van der Waals surface area contributed by atoms with Crippen molar-refractivity contribution in [1.29, 1.82) is 0 Å². The Kier molecular flexibility index (Phi) is 9.03. The quantitative estimate of drug-likeness (QED) is 0.174. The number of carbonyl (C=O) groups is 2. The molecule has 0 radical (unpaired) electrons. The maximum atomic E-state index is 11.2. The molecule has 4 unspecified atom stereocenters. The molecule has 8 N–H and O–H groups in total. The van der Waals surface area contributed by atoms with E-state index in [1.165, 1.54) is 24.3 Å². The van der Waals surface area contributed by atoms with Gasteiger partial charge in [-0.15, -0.1) is 0 Å². The van der Waals surface area contributed by atoms with Crippen LogP contribution in [-0.4, -0.2) is 93.7 Å². The van der Waals surface area contributed by atoms with Crippen molar-refractivity contribution in [3.05, 3.63) is 34.4 Å². The van der Waals surface area contributed by atoms with Crippen LogP contribution in [0.3, 0.4) is 0 Å². The SMILES string of the molecule is O.O.O=C(O)C(O)C(O)C1[O][Sb]([c]2ccc([N+](=O)[O-])cc2)[O]C1C(=O)O. The zero-order valence-corrected chi connectivity index (χ0v) is 15.3. The van der Waals surface area contributed by atoms with Gasteiger partial charge < -0.3 is 11.0 Å². The molecule has 1 aliphatic heterocycles. The van der Waals surface area contributed by atoms with Crippen LogP contribution >= 0.6 is 0 Å². The first-order chi connectivity index (χ1) is 11.2. The van der Waals surface area contributed by atoms with Gasteiger partial charge in [0.2, 0.25) is 0 Å². The van der Waals surface area contributed by atoms with Crippen molar-refractivity contribution in [2.75, 3.05) is 0 Å². The molecule has 1 aromatic carbocycles. The molecule has 1 aromatic rings. The van der Waals surface area contributed by atoms with Crippen molar-refractivity contribution in [2.45, 2.75) is 24.4 Å². The predicted octanol–water partition coefficient (Wildman–Crippen LogP) is -3.68. The van der Waals surface area contributed by atoms with E-state index in [1.54, 1.807) is 0 Å². The van der Waals surface area contributed by atoms with E-state index in [9.17, 15) is 29.9 Å². The Bertz CT molecular complexity index is 652. The van der Waals surface area contributed by atoms with E-state index in [0.29, 0.717) is 3.51 Å². The summed E-state index contributed by atoms with van der Waals surface area (Å²) in [4.78, 5) is 32.0. The summed E-state index contributed by atoms with van der Waals surface area (Å²) in [5.41, 5.74) is -0.175. The van der Waals surface area contributed by atoms with Crippen LogP contribution in [0.15, 0.2) is 24.3 Å². The molecule has 13 nitrogen and oxygen atoms in total. The third-order valence-corrected chi connectivity index (χ3v) is 7.64. The zero-order chi connectivity index (χ0) is 18.0. The molecular formula is C12H16NO12Sb. The first kappa shape index (κ1) is 24.1. The van der Waals surface area contributed by atoms with Gasteiger partial charge >= 0.3 is 142 Å². The number of benzene rings is 1. The van der Waals surface area contributed by atoms with Gasteiger partial charge in [0.1, 0.15) is 0 Å². The fraction of sp³-hybridized carbons (Fsp3) is 0.333. The molecule has 1 aliphatic rings. The van der Waals surface area contributed by atoms with Crippen molar-refractivity contribution in [3.8, 4) is 0 Å². The maximum absolute atomic E-state index is 11.2. The molecule has 0 saturated carbocycles. The van der Waals surface area contributed by atoms with Gasteiger partial charge in [0, 0.05) is 0 Å². The number of aliphatic hydroxyl groups excluding tert-OH is 2. The average molecular weight is 488 g/mol. The van der Waals surface area contributed by atoms with Crippen molar-refractivity contribution < 1.29 is 51.9 Å². The topological polar surface area (TPSA) is 240 Å². The molecule has 0 aromatic heterocycles. The molecule has 0 bridgehead atoms. The summed E-state index contributed by atoms with van der Waals surface area (Å²) in [5, 5.41) is 47.7. The Morgan fingerprint density at radius 3 is 2.08 bits per heavy atom. The monoisotopic (exact) mass is 487 g/mol. The van der Waals surface area contributed by atoms with Crippen LogP contribution in [-0.2, 0) is 15.6 Å². The van der Waals surface area contributed by atoms with Crippen molar-refractivity contribution in [1.82, 2.24) is 0 Å². The fourth-order valence-electron chi connectivity index (χ4n) is 1.92. The Balaban J connectivity index is 0.00000312.